The third kappa shape index (κ3) is 7.05. The van der Waals surface area contributed by atoms with Gasteiger partial charge >= 0.3 is 16.5 Å². The molecule has 0 bridgehead atoms. The average Bonchev–Trinajstić information content (AvgIpc) is 3.15. The molecule has 2 aliphatic heterocycles. The number of nitrogens with zero attached hydrogens (tertiary/aromatic N) is 3. The maximum absolute atomic E-state index is 12.3. The van der Waals surface area contributed by atoms with Crippen LogP contribution in [0.2, 0.25) is 0 Å². The standard InChI is InChI=1S/C24H31N3O8S/c1-16-21(32-18-7-5-17(6-8-18)13-20-14-31-36(29,30)35-20)25-15-26-22(16)33-19-9-11-27(12-10-19)23(28)34-24(2,3)4/h5-8,15,19-20H,9-14H2,1-4H3. The third-order valence-electron chi connectivity index (χ3n) is 5.62. The molecule has 4 rings (SSSR count). The Morgan fingerprint density at radius 2 is 1.78 bits per heavy atom. The Balaban J connectivity index is 1.31. The van der Waals surface area contributed by atoms with E-state index >= 15 is 0 Å². The van der Waals surface area contributed by atoms with Gasteiger partial charge in [0.05, 0.1) is 12.2 Å². The molecule has 2 fully saturated rings. The van der Waals surface area contributed by atoms with E-state index in [4.69, 9.17) is 18.4 Å². The molecular weight excluding hydrogens is 490 g/mol. The molecule has 0 radical (unpaired) electrons. The summed E-state index contributed by atoms with van der Waals surface area (Å²) in [4.78, 5) is 22.5. The second-order valence-electron chi connectivity index (χ2n) is 9.75. The lowest BCUT2D eigenvalue weighted by atomic mass is 10.1. The van der Waals surface area contributed by atoms with Crippen molar-refractivity contribution < 1.29 is 35.8 Å². The topological polar surface area (TPSA) is 126 Å². The quantitative estimate of drug-likeness (QED) is 0.557. The van der Waals surface area contributed by atoms with Crippen LogP contribution in [-0.2, 0) is 29.9 Å². The van der Waals surface area contributed by atoms with Gasteiger partial charge < -0.3 is 19.1 Å². The zero-order chi connectivity index (χ0) is 25.9. The summed E-state index contributed by atoms with van der Waals surface area (Å²) >= 11 is 0. The molecule has 2 saturated heterocycles. The first-order chi connectivity index (χ1) is 17.0. The van der Waals surface area contributed by atoms with E-state index < -0.39 is 22.1 Å². The van der Waals surface area contributed by atoms with Gasteiger partial charge in [-0.2, -0.15) is 8.42 Å². The van der Waals surface area contributed by atoms with Gasteiger partial charge in [-0.1, -0.05) is 12.1 Å². The maximum Gasteiger partial charge on any atom is 0.410 e. The van der Waals surface area contributed by atoms with Crippen LogP contribution in [0.5, 0.6) is 17.5 Å². The molecule has 1 aromatic heterocycles. The highest BCUT2D eigenvalue weighted by Gasteiger charge is 2.30. The van der Waals surface area contributed by atoms with Crippen molar-refractivity contribution in [1.29, 1.82) is 0 Å². The SMILES string of the molecule is Cc1c(Oc2ccc(CC3COS(=O)(=O)O3)cc2)ncnc1OC1CCN(C(=O)OC(C)(C)C)CC1. The summed E-state index contributed by atoms with van der Waals surface area (Å²) in [6.07, 6.45) is 2.18. The van der Waals surface area contributed by atoms with Gasteiger partial charge in [0.2, 0.25) is 11.8 Å². The largest absolute Gasteiger partial charge is 0.474 e. The Morgan fingerprint density at radius 1 is 1.11 bits per heavy atom. The molecule has 1 unspecified atom stereocenters. The summed E-state index contributed by atoms with van der Waals surface area (Å²) in [5.41, 5.74) is 1.02. The summed E-state index contributed by atoms with van der Waals surface area (Å²) < 4.78 is 49.5. The zero-order valence-corrected chi connectivity index (χ0v) is 21.6. The third-order valence-corrected chi connectivity index (χ3v) is 6.55. The number of amides is 1. The van der Waals surface area contributed by atoms with Gasteiger partial charge in [-0.15, -0.1) is 0 Å². The molecule has 11 nitrogen and oxygen atoms in total. The number of aromatic nitrogens is 2. The number of benzene rings is 1. The molecule has 1 atom stereocenters. The van der Waals surface area contributed by atoms with Gasteiger partial charge in [-0.25, -0.2) is 23.1 Å². The van der Waals surface area contributed by atoms with Crippen molar-refractivity contribution >= 4 is 16.5 Å². The fourth-order valence-electron chi connectivity index (χ4n) is 3.82. The van der Waals surface area contributed by atoms with Crippen molar-refractivity contribution in [2.45, 2.75) is 64.8 Å². The zero-order valence-electron chi connectivity index (χ0n) is 20.8. The number of hydrogen-bond acceptors (Lipinski definition) is 10. The second kappa shape index (κ2) is 10.6. The molecule has 2 aliphatic rings. The Labute approximate surface area is 211 Å². The van der Waals surface area contributed by atoms with Crippen LogP contribution in [-0.4, -0.2) is 66.9 Å². The van der Waals surface area contributed by atoms with Gasteiger partial charge in [-0.3, -0.25) is 0 Å². The Morgan fingerprint density at radius 3 is 2.39 bits per heavy atom. The summed E-state index contributed by atoms with van der Waals surface area (Å²) in [5.74, 6) is 1.37. The predicted octanol–water partition coefficient (Wildman–Crippen LogP) is 3.56. The molecule has 0 aliphatic carbocycles. The highest BCUT2D eigenvalue weighted by atomic mass is 32.3. The van der Waals surface area contributed by atoms with E-state index in [0.717, 1.165) is 5.56 Å². The Hall–Kier alpha value is -2.96. The van der Waals surface area contributed by atoms with E-state index in [1.54, 1.807) is 17.0 Å². The van der Waals surface area contributed by atoms with Crippen LogP contribution in [0.3, 0.4) is 0 Å². The minimum atomic E-state index is -3.87. The summed E-state index contributed by atoms with van der Waals surface area (Å²) in [7, 11) is -3.87. The monoisotopic (exact) mass is 521 g/mol. The van der Waals surface area contributed by atoms with E-state index in [9.17, 15) is 13.2 Å². The lowest BCUT2D eigenvalue weighted by Gasteiger charge is -2.33. The van der Waals surface area contributed by atoms with Crippen molar-refractivity contribution in [3.63, 3.8) is 0 Å². The fourth-order valence-corrected chi connectivity index (χ4v) is 4.65. The second-order valence-corrected chi connectivity index (χ2v) is 11.0. The first-order valence-corrected chi connectivity index (χ1v) is 13.1. The molecule has 1 amide bonds. The van der Waals surface area contributed by atoms with Gasteiger partial charge in [0.25, 0.3) is 0 Å². The van der Waals surface area contributed by atoms with Gasteiger partial charge in [0.1, 0.15) is 29.9 Å². The van der Waals surface area contributed by atoms with Crippen molar-refractivity contribution in [2.24, 2.45) is 0 Å². The van der Waals surface area contributed by atoms with Crippen LogP contribution in [0.1, 0.15) is 44.7 Å². The first-order valence-electron chi connectivity index (χ1n) is 11.8. The lowest BCUT2D eigenvalue weighted by molar-refractivity contribution is 0.0122. The number of ether oxygens (including phenoxy) is 3. The molecule has 36 heavy (non-hydrogen) atoms. The van der Waals surface area contributed by atoms with E-state index in [2.05, 4.69) is 14.2 Å². The van der Waals surface area contributed by atoms with E-state index in [1.807, 2.05) is 39.8 Å². The highest BCUT2D eigenvalue weighted by Crippen LogP contribution is 2.30. The molecule has 3 heterocycles. The molecule has 2 aromatic rings. The van der Waals surface area contributed by atoms with E-state index in [1.165, 1.54) is 6.33 Å². The first kappa shape index (κ1) is 26.1. The molecule has 12 heteroatoms. The van der Waals surface area contributed by atoms with E-state index in [-0.39, 0.29) is 18.8 Å². The van der Waals surface area contributed by atoms with Crippen molar-refractivity contribution in [1.82, 2.24) is 14.9 Å². The summed E-state index contributed by atoms with van der Waals surface area (Å²) in [6, 6.07) is 7.20. The molecule has 196 valence electrons. The van der Waals surface area contributed by atoms with Crippen LogP contribution >= 0.6 is 0 Å². The van der Waals surface area contributed by atoms with E-state index in [0.29, 0.717) is 55.4 Å². The lowest BCUT2D eigenvalue weighted by Crippen LogP contribution is -2.44. The summed E-state index contributed by atoms with van der Waals surface area (Å²) in [5, 5.41) is 0. The van der Waals surface area contributed by atoms with Crippen LogP contribution < -0.4 is 9.47 Å². The van der Waals surface area contributed by atoms with Crippen molar-refractivity contribution in [3.05, 3.63) is 41.7 Å². The van der Waals surface area contributed by atoms with Crippen LogP contribution in [0.4, 0.5) is 4.79 Å². The molecule has 1 aromatic carbocycles. The van der Waals surface area contributed by atoms with Gasteiger partial charge in [0, 0.05) is 32.4 Å². The average molecular weight is 522 g/mol. The Bertz CT molecular complexity index is 1170. The maximum atomic E-state index is 12.3. The fraction of sp³-hybridized carbons (Fsp3) is 0.542. The number of hydrogen-bond donors (Lipinski definition) is 0. The van der Waals surface area contributed by atoms with Crippen LogP contribution in [0.15, 0.2) is 30.6 Å². The molecule has 0 spiro atoms. The number of likely N-dealkylation sites (tertiary alicyclic amines) is 1. The number of carbonyl (C=O) groups excluding carboxylic acids is 1. The van der Waals surface area contributed by atoms with Crippen LogP contribution in [0.25, 0.3) is 0 Å². The highest BCUT2D eigenvalue weighted by molar-refractivity contribution is 7.82. The molecule has 0 saturated carbocycles. The minimum absolute atomic E-state index is 0.00349. The molecular formula is C24H31N3O8S. The van der Waals surface area contributed by atoms with Crippen LogP contribution in [0, 0.1) is 6.92 Å². The van der Waals surface area contributed by atoms with Gasteiger partial charge in [0.15, 0.2) is 0 Å². The van der Waals surface area contributed by atoms with Gasteiger partial charge in [-0.05, 0) is 45.4 Å². The normalized spacial score (nSPS) is 20.2. The molecule has 0 N–H and O–H groups in total. The van der Waals surface area contributed by atoms with Crippen molar-refractivity contribution in [2.75, 3.05) is 19.7 Å². The minimum Gasteiger partial charge on any atom is -0.474 e. The van der Waals surface area contributed by atoms with Crippen molar-refractivity contribution in [3.8, 4) is 17.5 Å². The number of rotatable bonds is 6. The predicted molar refractivity (Wildman–Crippen MR) is 128 cm³/mol. The smallest absolute Gasteiger partial charge is 0.410 e. The number of piperidine rings is 1. The Kier molecular flexibility index (Phi) is 7.67. The summed E-state index contributed by atoms with van der Waals surface area (Å²) in [6.45, 7) is 8.47. The number of carbonyl (C=O) groups is 1.